The standard InChI is InChI=1S/C27H28N2O4/c1-29(18-21-8-4-2-5-9-21)26(31)27(17-24(27)25(30)28-32)16-20-12-14-23(15-13-20)33-19-22-10-6-3-7-11-22/h2-15,24,32H,16-19H2,1H3,(H,28,30)/t24-,27+/m1/s1. The normalized spacial score (nSPS) is 18.9. The van der Waals surface area contributed by atoms with Crippen LogP contribution in [0.5, 0.6) is 5.75 Å². The quantitative estimate of drug-likeness (QED) is 0.387. The van der Waals surface area contributed by atoms with Gasteiger partial charge in [-0.05, 0) is 41.7 Å². The summed E-state index contributed by atoms with van der Waals surface area (Å²) in [5.74, 6) is -0.421. The Morgan fingerprint density at radius 1 is 0.939 bits per heavy atom. The van der Waals surface area contributed by atoms with Crippen molar-refractivity contribution in [2.24, 2.45) is 11.3 Å². The van der Waals surface area contributed by atoms with Crippen LogP contribution in [-0.4, -0.2) is 29.0 Å². The molecule has 0 spiro atoms. The van der Waals surface area contributed by atoms with Crippen molar-refractivity contribution in [3.05, 3.63) is 102 Å². The van der Waals surface area contributed by atoms with Crippen LogP contribution in [0.4, 0.5) is 0 Å². The zero-order valence-electron chi connectivity index (χ0n) is 18.6. The lowest BCUT2D eigenvalue weighted by Crippen LogP contribution is -2.38. The molecule has 1 fully saturated rings. The largest absolute Gasteiger partial charge is 0.489 e. The molecule has 1 aliphatic rings. The minimum atomic E-state index is -0.858. The molecule has 2 atom stereocenters. The Balaban J connectivity index is 1.45. The lowest BCUT2D eigenvalue weighted by Gasteiger charge is -2.25. The van der Waals surface area contributed by atoms with E-state index in [0.29, 0.717) is 26.0 Å². The highest BCUT2D eigenvalue weighted by Crippen LogP contribution is 2.56. The molecule has 2 N–H and O–H groups in total. The van der Waals surface area contributed by atoms with Gasteiger partial charge in [-0.2, -0.15) is 0 Å². The Hall–Kier alpha value is -3.64. The highest BCUT2D eigenvalue weighted by molar-refractivity contribution is 5.95. The van der Waals surface area contributed by atoms with Crippen molar-refractivity contribution in [3.63, 3.8) is 0 Å². The minimum absolute atomic E-state index is 0.0932. The molecule has 0 unspecified atom stereocenters. The monoisotopic (exact) mass is 444 g/mol. The minimum Gasteiger partial charge on any atom is -0.489 e. The molecular formula is C27H28N2O4. The zero-order chi connectivity index (χ0) is 23.3. The summed E-state index contributed by atoms with van der Waals surface area (Å²) >= 11 is 0. The van der Waals surface area contributed by atoms with E-state index in [1.807, 2.05) is 84.9 Å². The first-order chi connectivity index (χ1) is 16.0. The van der Waals surface area contributed by atoms with Crippen molar-refractivity contribution in [1.82, 2.24) is 10.4 Å². The van der Waals surface area contributed by atoms with Crippen LogP contribution < -0.4 is 10.2 Å². The van der Waals surface area contributed by atoms with Crippen molar-refractivity contribution in [2.45, 2.75) is 26.0 Å². The lowest BCUT2D eigenvalue weighted by molar-refractivity contribution is -0.140. The highest BCUT2D eigenvalue weighted by atomic mass is 16.5. The van der Waals surface area contributed by atoms with E-state index in [1.54, 1.807) is 17.4 Å². The molecule has 0 heterocycles. The van der Waals surface area contributed by atoms with Gasteiger partial charge in [0.15, 0.2) is 0 Å². The van der Waals surface area contributed by atoms with E-state index in [9.17, 15) is 9.59 Å². The first kappa shape index (κ1) is 22.6. The van der Waals surface area contributed by atoms with Gasteiger partial charge in [0, 0.05) is 13.6 Å². The Kier molecular flexibility index (Phi) is 6.75. The first-order valence-electron chi connectivity index (χ1n) is 11.0. The molecule has 0 aromatic heterocycles. The third-order valence-corrected chi connectivity index (χ3v) is 6.23. The van der Waals surface area contributed by atoms with Crippen molar-refractivity contribution in [3.8, 4) is 5.75 Å². The Labute approximate surface area is 193 Å². The number of amides is 2. The van der Waals surface area contributed by atoms with E-state index >= 15 is 0 Å². The van der Waals surface area contributed by atoms with Crippen LogP contribution in [-0.2, 0) is 29.2 Å². The molecule has 0 aliphatic heterocycles. The van der Waals surface area contributed by atoms with Crippen LogP contribution in [0.2, 0.25) is 0 Å². The summed E-state index contributed by atoms with van der Waals surface area (Å²) in [5, 5.41) is 9.15. The number of carbonyl (C=O) groups excluding carboxylic acids is 2. The number of ether oxygens (including phenoxy) is 1. The van der Waals surface area contributed by atoms with Crippen LogP contribution in [0.25, 0.3) is 0 Å². The summed E-state index contributed by atoms with van der Waals surface area (Å²) in [4.78, 5) is 27.3. The number of nitrogens with zero attached hydrogens (tertiary/aromatic N) is 1. The molecule has 170 valence electrons. The summed E-state index contributed by atoms with van der Waals surface area (Å²) in [6.45, 7) is 0.937. The summed E-state index contributed by atoms with van der Waals surface area (Å²) in [5.41, 5.74) is 3.91. The number of hydroxylamine groups is 1. The molecule has 6 nitrogen and oxygen atoms in total. The van der Waals surface area contributed by atoms with Crippen molar-refractivity contribution < 1.29 is 19.5 Å². The van der Waals surface area contributed by atoms with Crippen LogP contribution >= 0.6 is 0 Å². The van der Waals surface area contributed by atoms with Crippen LogP contribution in [0, 0.1) is 11.3 Å². The van der Waals surface area contributed by atoms with E-state index in [0.717, 1.165) is 22.4 Å². The molecule has 6 heteroatoms. The van der Waals surface area contributed by atoms with Crippen molar-refractivity contribution in [2.75, 3.05) is 7.05 Å². The van der Waals surface area contributed by atoms with Crippen LogP contribution in [0.3, 0.4) is 0 Å². The first-order valence-corrected chi connectivity index (χ1v) is 11.0. The number of rotatable bonds is 9. The van der Waals surface area contributed by atoms with E-state index in [4.69, 9.17) is 9.94 Å². The van der Waals surface area contributed by atoms with E-state index < -0.39 is 17.2 Å². The molecule has 0 radical (unpaired) electrons. The predicted octanol–water partition coefficient (Wildman–Crippen LogP) is 3.98. The van der Waals surface area contributed by atoms with Gasteiger partial charge in [0.05, 0.1) is 11.3 Å². The van der Waals surface area contributed by atoms with Crippen molar-refractivity contribution >= 4 is 11.8 Å². The second-order valence-corrected chi connectivity index (χ2v) is 8.63. The van der Waals surface area contributed by atoms with E-state index in [1.165, 1.54) is 0 Å². The third-order valence-electron chi connectivity index (χ3n) is 6.23. The Morgan fingerprint density at radius 2 is 1.55 bits per heavy atom. The van der Waals surface area contributed by atoms with E-state index in [2.05, 4.69) is 0 Å². The van der Waals surface area contributed by atoms with Gasteiger partial charge in [-0.3, -0.25) is 14.8 Å². The van der Waals surface area contributed by atoms with Gasteiger partial charge < -0.3 is 9.64 Å². The van der Waals surface area contributed by atoms with E-state index in [-0.39, 0.29) is 5.91 Å². The Bertz CT molecular complexity index is 1090. The summed E-state index contributed by atoms with van der Waals surface area (Å²) in [7, 11) is 1.75. The summed E-state index contributed by atoms with van der Waals surface area (Å²) in [6, 6.07) is 27.3. The topological polar surface area (TPSA) is 78.9 Å². The molecule has 1 aliphatic carbocycles. The van der Waals surface area contributed by atoms with Gasteiger partial charge in [0.1, 0.15) is 12.4 Å². The zero-order valence-corrected chi connectivity index (χ0v) is 18.6. The molecule has 3 aromatic rings. The average molecular weight is 445 g/mol. The second-order valence-electron chi connectivity index (χ2n) is 8.63. The second kappa shape index (κ2) is 9.88. The molecule has 4 rings (SSSR count). The molecule has 0 saturated heterocycles. The molecule has 1 saturated carbocycles. The van der Waals surface area contributed by atoms with Gasteiger partial charge in [0.2, 0.25) is 11.8 Å². The number of hydrogen-bond acceptors (Lipinski definition) is 4. The molecule has 33 heavy (non-hydrogen) atoms. The fraction of sp³-hybridized carbons (Fsp3) is 0.259. The number of hydrogen-bond donors (Lipinski definition) is 2. The molecule has 0 bridgehead atoms. The average Bonchev–Trinajstić information content (AvgIpc) is 3.59. The smallest absolute Gasteiger partial charge is 0.247 e. The maximum absolute atomic E-state index is 13.4. The van der Waals surface area contributed by atoms with Crippen LogP contribution in [0.15, 0.2) is 84.9 Å². The van der Waals surface area contributed by atoms with Gasteiger partial charge in [0.25, 0.3) is 0 Å². The SMILES string of the molecule is CN(Cc1ccccc1)C(=O)[C@@]1(Cc2ccc(OCc3ccccc3)cc2)C[C@@H]1C(=O)NO. The van der Waals surface area contributed by atoms with Crippen molar-refractivity contribution in [1.29, 1.82) is 0 Å². The van der Waals surface area contributed by atoms with Gasteiger partial charge in [-0.15, -0.1) is 0 Å². The maximum atomic E-state index is 13.4. The number of carbonyl (C=O) groups is 2. The Morgan fingerprint density at radius 3 is 2.15 bits per heavy atom. The van der Waals surface area contributed by atoms with Gasteiger partial charge in [-0.1, -0.05) is 72.8 Å². The third kappa shape index (κ3) is 5.23. The maximum Gasteiger partial charge on any atom is 0.247 e. The molecule has 3 aromatic carbocycles. The molecule has 2 amide bonds. The van der Waals surface area contributed by atoms with Crippen LogP contribution in [0.1, 0.15) is 23.1 Å². The predicted molar refractivity (Wildman–Crippen MR) is 124 cm³/mol. The summed E-state index contributed by atoms with van der Waals surface area (Å²) in [6.07, 6.45) is 0.825. The number of nitrogens with one attached hydrogen (secondary N) is 1. The van der Waals surface area contributed by atoms with Gasteiger partial charge >= 0.3 is 0 Å². The fourth-order valence-corrected chi connectivity index (χ4v) is 4.35. The lowest BCUT2D eigenvalue weighted by atomic mass is 9.91. The number of benzene rings is 3. The molecular weight excluding hydrogens is 416 g/mol. The fourth-order valence-electron chi connectivity index (χ4n) is 4.35. The summed E-state index contributed by atoms with van der Waals surface area (Å²) < 4.78 is 5.85. The highest BCUT2D eigenvalue weighted by Gasteiger charge is 2.63. The van der Waals surface area contributed by atoms with Gasteiger partial charge in [-0.25, -0.2) is 5.48 Å².